The van der Waals surface area contributed by atoms with Crippen LogP contribution in [0.25, 0.3) is 0 Å². The smallest absolute Gasteiger partial charge is 0.193 e. The molecular weight excluding hydrogens is 262 g/mol. The first-order valence-electron chi connectivity index (χ1n) is 8.83. The van der Waals surface area contributed by atoms with Crippen molar-refractivity contribution in [3.05, 3.63) is 0 Å². The minimum absolute atomic E-state index is 0.421. The van der Waals surface area contributed by atoms with Crippen molar-refractivity contribution in [3.8, 4) is 0 Å². The Hall–Kier alpha value is -0.770. The van der Waals surface area contributed by atoms with Crippen LogP contribution < -0.4 is 5.32 Å². The first-order chi connectivity index (χ1) is 10.3. The molecule has 1 atom stereocenters. The van der Waals surface area contributed by atoms with Gasteiger partial charge in [0.05, 0.1) is 6.61 Å². The Morgan fingerprint density at radius 1 is 1.29 bits per heavy atom. The zero-order valence-electron chi connectivity index (χ0n) is 13.3. The van der Waals surface area contributed by atoms with Crippen LogP contribution in [0.1, 0.15) is 38.5 Å². The van der Waals surface area contributed by atoms with E-state index in [9.17, 15) is 0 Å². The lowest BCUT2D eigenvalue weighted by Crippen LogP contribution is -2.43. The van der Waals surface area contributed by atoms with Crippen molar-refractivity contribution in [3.63, 3.8) is 0 Å². The van der Waals surface area contributed by atoms with E-state index in [1.54, 1.807) is 0 Å². The number of hydrogen-bond donors (Lipinski definition) is 1. The van der Waals surface area contributed by atoms with E-state index < -0.39 is 0 Å². The first-order valence-corrected chi connectivity index (χ1v) is 8.83. The summed E-state index contributed by atoms with van der Waals surface area (Å²) in [5.74, 6) is 4.06. The second-order valence-corrected chi connectivity index (χ2v) is 7.74. The summed E-state index contributed by atoms with van der Waals surface area (Å²) in [6, 6.07) is 0. The second-order valence-electron chi connectivity index (χ2n) is 7.74. The highest BCUT2D eigenvalue weighted by atomic mass is 16.5. The maximum atomic E-state index is 5.63. The SMILES string of the molecule is CN=C(NCC(C1CC1)C1CC1)N1CCC2(CCOC2)C1. The molecule has 1 N–H and O–H groups in total. The summed E-state index contributed by atoms with van der Waals surface area (Å²) >= 11 is 0. The van der Waals surface area contributed by atoms with Gasteiger partial charge in [-0.3, -0.25) is 4.99 Å². The first kappa shape index (κ1) is 13.9. The molecule has 21 heavy (non-hydrogen) atoms. The Morgan fingerprint density at radius 3 is 2.62 bits per heavy atom. The summed E-state index contributed by atoms with van der Waals surface area (Å²) in [7, 11) is 1.93. The second kappa shape index (κ2) is 5.45. The van der Waals surface area contributed by atoms with Gasteiger partial charge in [-0.05, 0) is 56.3 Å². The van der Waals surface area contributed by atoms with Crippen molar-refractivity contribution in [1.29, 1.82) is 0 Å². The van der Waals surface area contributed by atoms with Gasteiger partial charge < -0.3 is 15.0 Å². The van der Waals surface area contributed by atoms with Crippen LogP contribution in [0.4, 0.5) is 0 Å². The van der Waals surface area contributed by atoms with Gasteiger partial charge in [0.25, 0.3) is 0 Å². The summed E-state index contributed by atoms with van der Waals surface area (Å²) in [6.07, 6.45) is 8.35. The molecule has 4 aliphatic rings. The van der Waals surface area contributed by atoms with Gasteiger partial charge in [0.1, 0.15) is 0 Å². The third-order valence-corrected chi connectivity index (χ3v) is 6.09. The van der Waals surface area contributed by atoms with E-state index in [0.717, 1.165) is 56.6 Å². The third-order valence-electron chi connectivity index (χ3n) is 6.09. The molecule has 4 rings (SSSR count). The fourth-order valence-electron chi connectivity index (χ4n) is 4.40. The molecule has 0 aromatic heterocycles. The van der Waals surface area contributed by atoms with E-state index in [1.807, 2.05) is 7.05 Å². The van der Waals surface area contributed by atoms with Gasteiger partial charge in [0.2, 0.25) is 0 Å². The van der Waals surface area contributed by atoms with Crippen LogP contribution in [0.2, 0.25) is 0 Å². The van der Waals surface area contributed by atoms with Crippen LogP contribution in [0.15, 0.2) is 4.99 Å². The van der Waals surface area contributed by atoms with E-state index >= 15 is 0 Å². The fraction of sp³-hybridized carbons (Fsp3) is 0.941. The molecule has 4 fully saturated rings. The van der Waals surface area contributed by atoms with Gasteiger partial charge in [-0.25, -0.2) is 0 Å². The Bertz CT molecular complexity index is 396. The molecule has 0 amide bonds. The predicted molar refractivity (Wildman–Crippen MR) is 84.4 cm³/mol. The van der Waals surface area contributed by atoms with Gasteiger partial charge in [-0.15, -0.1) is 0 Å². The van der Waals surface area contributed by atoms with E-state index in [2.05, 4.69) is 15.2 Å². The standard InChI is InChI=1S/C17H29N3O/c1-18-16(19-10-15(13-2-3-13)14-4-5-14)20-8-6-17(11-20)7-9-21-12-17/h13-15H,2-12H2,1H3,(H,18,19). The highest BCUT2D eigenvalue weighted by molar-refractivity contribution is 5.80. The number of ether oxygens (including phenoxy) is 1. The quantitative estimate of drug-likeness (QED) is 0.637. The minimum Gasteiger partial charge on any atom is -0.381 e. The molecule has 4 heteroatoms. The predicted octanol–water partition coefficient (Wildman–Crippen LogP) is 2.11. The topological polar surface area (TPSA) is 36.9 Å². The van der Waals surface area contributed by atoms with Crippen molar-refractivity contribution in [1.82, 2.24) is 10.2 Å². The maximum Gasteiger partial charge on any atom is 0.193 e. The molecule has 2 aliphatic heterocycles. The molecule has 0 bridgehead atoms. The Kier molecular flexibility index (Phi) is 3.60. The van der Waals surface area contributed by atoms with Crippen LogP contribution in [0.5, 0.6) is 0 Å². The van der Waals surface area contributed by atoms with Crippen molar-refractivity contribution in [2.45, 2.75) is 38.5 Å². The molecule has 2 saturated carbocycles. The van der Waals surface area contributed by atoms with Gasteiger partial charge in [-0.2, -0.15) is 0 Å². The largest absolute Gasteiger partial charge is 0.381 e. The Morgan fingerprint density at radius 2 is 2.05 bits per heavy atom. The number of nitrogens with one attached hydrogen (secondary N) is 1. The van der Waals surface area contributed by atoms with Crippen LogP contribution in [-0.4, -0.2) is 50.8 Å². The minimum atomic E-state index is 0.421. The number of likely N-dealkylation sites (tertiary alicyclic amines) is 1. The average Bonchev–Trinajstić information content (AvgIpc) is 3.43. The van der Waals surface area contributed by atoms with E-state index in [1.165, 1.54) is 38.5 Å². The summed E-state index contributed by atoms with van der Waals surface area (Å²) in [5.41, 5.74) is 0.421. The van der Waals surface area contributed by atoms with Crippen molar-refractivity contribution < 1.29 is 4.74 Å². The van der Waals surface area contributed by atoms with Gasteiger partial charge in [-0.1, -0.05) is 0 Å². The van der Waals surface area contributed by atoms with Crippen molar-refractivity contribution >= 4 is 5.96 Å². The zero-order chi connectivity index (χ0) is 14.3. The number of aliphatic imine (C=N–C) groups is 1. The summed E-state index contributed by atoms with van der Waals surface area (Å²) in [4.78, 5) is 7.01. The van der Waals surface area contributed by atoms with Gasteiger partial charge in [0, 0.05) is 38.7 Å². The molecule has 2 heterocycles. The van der Waals surface area contributed by atoms with E-state index in [4.69, 9.17) is 4.74 Å². The lowest BCUT2D eigenvalue weighted by molar-refractivity contribution is 0.156. The number of guanidine groups is 1. The van der Waals surface area contributed by atoms with Gasteiger partial charge in [0.15, 0.2) is 5.96 Å². The Labute approximate surface area is 128 Å². The molecule has 1 spiro atoms. The van der Waals surface area contributed by atoms with Gasteiger partial charge >= 0.3 is 0 Å². The van der Waals surface area contributed by atoms with Crippen molar-refractivity contribution in [2.75, 3.05) is 39.9 Å². The number of rotatable bonds is 4. The Balaban J connectivity index is 1.32. The van der Waals surface area contributed by atoms with Crippen LogP contribution in [0, 0.1) is 23.2 Å². The number of nitrogens with zero attached hydrogens (tertiary/aromatic N) is 2. The molecule has 118 valence electrons. The zero-order valence-corrected chi connectivity index (χ0v) is 13.3. The highest BCUT2D eigenvalue weighted by Gasteiger charge is 2.43. The van der Waals surface area contributed by atoms with Crippen LogP contribution in [-0.2, 0) is 4.74 Å². The van der Waals surface area contributed by atoms with E-state index in [-0.39, 0.29) is 0 Å². The summed E-state index contributed by atoms with van der Waals surface area (Å²) < 4.78 is 5.63. The molecule has 0 radical (unpaired) electrons. The lowest BCUT2D eigenvalue weighted by Gasteiger charge is -2.26. The van der Waals surface area contributed by atoms with Crippen LogP contribution in [0.3, 0.4) is 0 Å². The van der Waals surface area contributed by atoms with Crippen molar-refractivity contribution in [2.24, 2.45) is 28.2 Å². The highest BCUT2D eigenvalue weighted by Crippen LogP contribution is 2.48. The molecule has 0 aromatic carbocycles. The average molecular weight is 291 g/mol. The molecule has 2 saturated heterocycles. The fourth-order valence-corrected chi connectivity index (χ4v) is 4.40. The normalized spacial score (nSPS) is 33.4. The van der Waals surface area contributed by atoms with Crippen LogP contribution >= 0.6 is 0 Å². The lowest BCUT2D eigenvalue weighted by atomic mass is 9.87. The third kappa shape index (κ3) is 2.92. The molecular formula is C17H29N3O. The summed E-state index contributed by atoms with van der Waals surface area (Å²) in [5, 5.41) is 3.70. The molecule has 2 aliphatic carbocycles. The monoisotopic (exact) mass is 291 g/mol. The molecule has 4 nitrogen and oxygen atoms in total. The maximum absolute atomic E-state index is 5.63. The molecule has 0 aromatic rings. The molecule has 1 unspecified atom stereocenters. The van der Waals surface area contributed by atoms with E-state index in [0.29, 0.717) is 5.41 Å². The summed E-state index contributed by atoms with van der Waals surface area (Å²) in [6.45, 7) is 5.31. The number of hydrogen-bond acceptors (Lipinski definition) is 2.